The molecule has 2 aromatic heterocycles. The summed E-state index contributed by atoms with van der Waals surface area (Å²) in [5.41, 5.74) is 1.31. The van der Waals surface area contributed by atoms with E-state index >= 15 is 0 Å². The third-order valence-corrected chi connectivity index (χ3v) is 2.14. The number of rotatable bonds is 4. The van der Waals surface area contributed by atoms with Crippen molar-refractivity contribution in [3.63, 3.8) is 0 Å². The van der Waals surface area contributed by atoms with Gasteiger partial charge in [0.1, 0.15) is 0 Å². The molecule has 0 aliphatic heterocycles. The zero-order chi connectivity index (χ0) is 9.64. The largest absolute Gasteiger partial charge is 0.354 e. The van der Waals surface area contributed by atoms with Crippen LogP contribution in [0, 0.1) is 6.42 Å². The van der Waals surface area contributed by atoms with Crippen molar-refractivity contribution in [2.75, 3.05) is 0 Å². The first-order valence-corrected chi connectivity index (χ1v) is 4.76. The van der Waals surface area contributed by atoms with Gasteiger partial charge in [-0.3, -0.25) is 4.98 Å². The first-order valence-electron chi connectivity index (χ1n) is 4.76. The second-order valence-electron chi connectivity index (χ2n) is 3.23. The van der Waals surface area contributed by atoms with Crippen molar-refractivity contribution in [1.82, 2.24) is 9.55 Å². The van der Waals surface area contributed by atoms with Crippen molar-refractivity contribution in [1.29, 1.82) is 0 Å². The molecule has 0 unspecified atom stereocenters. The highest BCUT2D eigenvalue weighted by molar-refractivity contribution is 5.11. The molecule has 0 N–H and O–H groups in total. The molecule has 2 aromatic rings. The van der Waals surface area contributed by atoms with Gasteiger partial charge in [-0.1, -0.05) is 0 Å². The quantitative estimate of drug-likeness (QED) is 0.714. The molecule has 1 radical (unpaired) electrons. The van der Waals surface area contributed by atoms with E-state index in [-0.39, 0.29) is 0 Å². The van der Waals surface area contributed by atoms with E-state index in [9.17, 15) is 0 Å². The molecule has 0 saturated carbocycles. The van der Waals surface area contributed by atoms with Crippen molar-refractivity contribution in [3.05, 3.63) is 61.0 Å². The van der Waals surface area contributed by atoms with Crippen LogP contribution in [0.4, 0.5) is 0 Å². The minimum atomic E-state index is 0.968. The van der Waals surface area contributed by atoms with E-state index in [0.29, 0.717) is 0 Å². The van der Waals surface area contributed by atoms with Crippen LogP contribution in [0.2, 0.25) is 0 Å². The molecule has 0 aromatic carbocycles. The van der Waals surface area contributed by atoms with E-state index < -0.39 is 0 Å². The van der Waals surface area contributed by atoms with E-state index in [1.807, 2.05) is 36.7 Å². The number of aromatic nitrogens is 2. The van der Waals surface area contributed by atoms with Gasteiger partial charge in [0.05, 0.1) is 0 Å². The maximum Gasteiger partial charge on any atom is 0.0270 e. The summed E-state index contributed by atoms with van der Waals surface area (Å²) in [6.07, 6.45) is 11.1. The SMILES string of the molecule is [CH](Cc1ccncc1)Cn1cccc1. The molecule has 71 valence electrons. The third kappa shape index (κ3) is 2.46. The smallest absolute Gasteiger partial charge is 0.0270 e. The first kappa shape index (κ1) is 9.00. The summed E-state index contributed by atoms with van der Waals surface area (Å²) < 4.78 is 2.15. The van der Waals surface area contributed by atoms with Gasteiger partial charge in [0.15, 0.2) is 0 Å². The van der Waals surface area contributed by atoms with Crippen LogP contribution < -0.4 is 0 Å². The second kappa shape index (κ2) is 4.61. The van der Waals surface area contributed by atoms with Crippen LogP contribution >= 0.6 is 0 Å². The Balaban J connectivity index is 1.79. The molecule has 0 bridgehead atoms. The van der Waals surface area contributed by atoms with Crippen molar-refractivity contribution < 1.29 is 0 Å². The first-order chi connectivity index (χ1) is 6.95. The highest BCUT2D eigenvalue weighted by Crippen LogP contribution is 2.01. The Morgan fingerprint density at radius 1 is 1.14 bits per heavy atom. The molecular weight excluding hydrogens is 172 g/mol. The molecule has 2 nitrogen and oxygen atoms in total. The summed E-state index contributed by atoms with van der Waals surface area (Å²) in [7, 11) is 0. The lowest BCUT2D eigenvalue weighted by Crippen LogP contribution is -1.97. The fraction of sp³-hybridized carbons (Fsp3) is 0.167. The fourth-order valence-corrected chi connectivity index (χ4v) is 1.39. The molecule has 2 heterocycles. The third-order valence-electron chi connectivity index (χ3n) is 2.14. The molecule has 0 fully saturated rings. The fourth-order valence-electron chi connectivity index (χ4n) is 1.39. The maximum atomic E-state index is 3.98. The van der Waals surface area contributed by atoms with Gasteiger partial charge in [-0.15, -0.1) is 0 Å². The van der Waals surface area contributed by atoms with E-state index in [2.05, 4.69) is 28.4 Å². The van der Waals surface area contributed by atoms with Gasteiger partial charge >= 0.3 is 0 Å². The van der Waals surface area contributed by atoms with Crippen molar-refractivity contribution in [2.24, 2.45) is 0 Å². The Labute approximate surface area is 84.2 Å². The average Bonchev–Trinajstić information content (AvgIpc) is 2.72. The van der Waals surface area contributed by atoms with Crippen LogP contribution in [0.3, 0.4) is 0 Å². The Bertz CT molecular complexity index is 351. The van der Waals surface area contributed by atoms with Gasteiger partial charge in [-0.2, -0.15) is 0 Å². The Morgan fingerprint density at radius 2 is 1.86 bits per heavy atom. The average molecular weight is 185 g/mol. The van der Waals surface area contributed by atoms with Crippen LogP contribution in [0.15, 0.2) is 49.1 Å². The molecule has 0 aliphatic carbocycles. The van der Waals surface area contributed by atoms with Gasteiger partial charge in [0.25, 0.3) is 0 Å². The zero-order valence-electron chi connectivity index (χ0n) is 8.00. The van der Waals surface area contributed by atoms with Gasteiger partial charge in [-0.05, 0) is 42.7 Å². The van der Waals surface area contributed by atoms with Crippen LogP contribution in [0.5, 0.6) is 0 Å². The summed E-state index contributed by atoms with van der Waals surface area (Å²) >= 11 is 0. The standard InChI is InChI=1S/C12H13N2/c1-2-10-14(9-1)11-3-4-12-5-7-13-8-6-12/h1-3,5-10H,4,11H2. The minimum absolute atomic E-state index is 0.968. The predicted octanol–water partition coefficient (Wildman–Crippen LogP) is 2.33. The molecule has 0 amide bonds. The summed E-state index contributed by atoms with van der Waals surface area (Å²) in [5, 5.41) is 0. The van der Waals surface area contributed by atoms with Gasteiger partial charge in [-0.25, -0.2) is 0 Å². The van der Waals surface area contributed by atoms with E-state index in [1.54, 1.807) is 0 Å². The summed E-state index contributed by atoms with van der Waals surface area (Å²) in [4.78, 5) is 3.98. The number of nitrogens with zero attached hydrogens (tertiary/aromatic N) is 2. The van der Waals surface area contributed by atoms with Gasteiger partial charge in [0.2, 0.25) is 0 Å². The molecule has 0 spiro atoms. The molecule has 0 saturated heterocycles. The lowest BCUT2D eigenvalue weighted by molar-refractivity contribution is 0.763. The lowest BCUT2D eigenvalue weighted by Gasteiger charge is -2.02. The Hall–Kier alpha value is -1.57. The van der Waals surface area contributed by atoms with Crippen LogP contribution in [-0.2, 0) is 13.0 Å². The van der Waals surface area contributed by atoms with Crippen LogP contribution in [0.1, 0.15) is 5.56 Å². The summed E-state index contributed by atoms with van der Waals surface area (Å²) in [6, 6.07) is 8.18. The monoisotopic (exact) mass is 185 g/mol. The summed E-state index contributed by atoms with van der Waals surface area (Å²) in [5.74, 6) is 0. The number of pyridine rings is 1. The topological polar surface area (TPSA) is 17.8 Å². The molecule has 0 atom stereocenters. The number of hydrogen-bond acceptors (Lipinski definition) is 1. The highest BCUT2D eigenvalue weighted by atomic mass is 14.9. The molecule has 2 rings (SSSR count). The van der Waals surface area contributed by atoms with Crippen LogP contribution in [0.25, 0.3) is 0 Å². The molecule has 14 heavy (non-hydrogen) atoms. The predicted molar refractivity (Wildman–Crippen MR) is 56.7 cm³/mol. The van der Waals surface area contributed by atoms with Crippen molar-refractivity contribution >= 4 is 0 Å². The number of hydrogen-bond donors (Lipinski definition) is 0. The van der Waals surface area contributed by atoms with E-state index in [1.165, 1.54) is 5.56 Å². The van der Waals surface area contributed by atoms with Crippen LogP contribution in [-0.4, -0.2) is 9.55 Å². The normalized spacial score (nSPS) is 10.3. The Kier molecular flexibility index (Phi) is 2.96. The summed E-state index contributed by atoms with van der Waals surface area (Å²) in [6.45, 7) is 0.968. The Morgan fingerprint density at radius 3 is 2.57 bits per heavy atom. The van der Waals surface area contributed by atoms with Crippen molar-refractivity contribution in [3.8, 4) is 0 Å². The molecule has 0 aliphatic rings. The van der Waals surface area contributed by atoms with Gasteiger partial charge in [0, 0.05) is 31.3 Å². The molecule has 2 heteroatoms. The van der Waals surface area contributed by atoms with E-state index in [4.69, 9.17) is 0 Å². The van der Waals surface area contributed by atoms with Crippen molar-refractivity contribution in [2.45, 2.75) is 13.0 Å². The van der Waals surface area contributed by atoms with Gasteiger partial charge < -0.3 is 4.57 Å². The highest BCUT2D eigenvalue weighted by Gasteiger charge is 1.93. The lowest BCUT2D eigenvalue weighted by atomic mass is 10.1. The second-order valence-corrected chi connectivity index (χ2v) is 3.23. The zero-order valence-corrected chi connectivity index (χ0v) is 8.00. The van der Waals surface area contributed by atoms with E-state index in [0.717, 1.165) is 13.0 Å². The minimum Gasteiger partial charge on any atom is -0.354 e. The molecular formula is C12H13N2. The maximum absolute atomic E-state index is 3.98.